The molecular weight excluding hydrogens is 296 g/mol. The first-order chi connectivity index (χ1) is 11.4. The quantitative estimate of drug-likeness (QED) is 0.705. The molecule has 4 aliphatic rings. The van der Waals surface area contributed by atoms with Crippen molar-refractivity contribution in [2.24, 2.45) is 34.5 Å². The largest absolute Gasteiger partial charge is 0.299 e. The summed E-state index contributed by atoms with van der Waals surface area (Å²) in [4.78, 5) is 24.7. The molecule has 2 nitrogen and oxygen atoms in total. The number of carbonyl (C=O) groups excluding carboxylic acids is 2. The molecule has 0 aromatic heterocycles. The van der Waals surface area contributed by atoms with Crippen molar-refractivity contribution < 1.29 is 9.59 Å². The predicted molar refractivity (Wildman–Crippen MR) is 95.5 cm³/mol. The molecule has 3 saturated carbocycles. The number of hydrogen-bond acceptors (Lipinski definition) is 2. The van der Waals surface area contributed by atoms with Gasteiger partial charge in [-0.05, 0) is 73.7 Å². The topological polar surface area (TPSA) is 34.1 Å². The van der Waals surface area contributed by atoms with Crippen molar-refractivity contribution in [2.75, 3.05) is 0 Å². The normalized spacial score (nSPS) is 47.7. The van der Waals surface area contributed by atoms with E-state index in [1.165, 1.54) is 31.3 Å². The fourth-order valence-corrected chi connectivity index (χ4v) is 7.18. The van der Waals surface area contributed by atoms with Gasteiger partial charge in [-0.1, -0.05) is 32.8 Å². The summed E-state index contributed by atoms with van der Waals surface area (Å²) < 4.78 is 0. The molecule has 5 unspecified atom stereocenters. The second kappa shape index (κ2) is 5.54. The first kappa shape index (κ1) is 16.5. The van der Waals surface area contributed by atoms with E-state index in [1.807, 2.05) is 6.08 Å². The SMILES string of the molecule is CCC[C@@H]1CC2C3CCC(=O)C3(C)CCC2C2(C)CCC(=O)C=C12. The van der Waals surface area contributed by atoms with Gasteiger partial charge in [0.15, 0.2) is 5.78 Å². The summed E-state index contributed by atoms with van der Waals surface area (Å²) in [6, 6.07) is 0. The molecular formula is C22H32O2. The first-order valence-electron chi connectivity index (χ1n) is 10.2. The number of fused-ring (bicyclic) bond motifs is 5. The van der Waals surface area contributed by atoms with Crippen LogP contribution in [0.15, 0.2) is 11.6 Å². The van der Waals surface area contributed by atoms with E-state index in [-0.39, 0.29) is 10.8 Å². The lowest BCUT2D eigenvalue weighted by Crippen LogP contribution is -2.52. The van der Waals surface area contributed by atoms with Crippen molar-refractivity contribution in [1.29, 1.82) is 0 Å². The van der Waals surface area contributed by atoms with Crippen molar-refractivity contribution in [1.82, 2.24) is 0 Å². The molecule has 6 atom stereocenters. The monoisotopic (exact) mass is 328 g/mol. The molecule has 24 heavy (non-hydrogen) atoms. The lowest BCUT2D eigenvalue weighted by Gasteiger charge is -2.59. The Labute approximate surface area is 146 Å². The molecule has 132 valence electrons. The third-order valence-corrected chi connectivity index (χ3v) is 8.46. The van der Waals surface area contributed by atoms with E-state index in [4.69, 9.17) is 0 Å². The van der Waals surface area contributed by atoms with E-state index in [2.05, 4.69) is 20.8 Å². The number of hydrogen-bond donors (Lipinski definition) is 0. The number of ketones is 2. The standard InChI is InChI=1S/C22H32O2/c1-4-5-14-12-16-17-6-7-20(24)22(17,3)11-9-18(16)21(2)10-8-15(23)13-19(14)21/h13-14,16-18H,4-12H2,1-3H3/t14-,16?,17?,18?,21?,22?/m1/s1. The Balaban J connectivity index is 1.74. The van der Waals surface area contributed by atoms with E-state index in [0.717, 1.165) is 32.1 Å². The third kappa shape index (κ3) is 2.14. The van der Waals surface area contributed by atoms with Crippen molar-refractivity contribution in [3.8, 4) is 0 Å². The Morgan fingerprint density at radius 2 is 1.79 bits per heavy atom. The van der Waals surface area contributed by atoms with Gasteiger partial charge in [-0.25, -0.2) is 0 Å². The summed E-state index contributed by atoms with van der Waals surface area (Å²) in [6.07, 6.45) is 11.6. The third-order valence-electron chi connectivity index (χ3n) is 8.46. The van der Waals surface area contributed by atoms with Gasteiger partial charge in [0.25, 0.3) is 0 Å². The smallest absolute Gasteiger partial charge is 0.155 e. The highest BCUT2D eigenvalue weighted by atomic mass is 16.1. The van der Waals surface area contributed by atoms with Crippen LogP contribution in [-0.2, 0) is 9.59 Å². The van der Waals surface area contributed by atoms with E-state index in [1.54, 1.807) is 0 Å². The van der Waals surface area contributed by atoms with Gasteiger partial charge < -0.3 is 0 Å². The van der Waals surface area contributed by atoms with Gasteiger partial charge in [0.2, 0.25) is 0 Å². The molecule has 0 aromatic carbocycles. The molecule has 0 saturated heterocycles. The Hall–Kier alpha value is -0.920. The van der Waals surface area contributed by atoms with Crippen molar-refractivity contribution >= 4 is 11.6 Å². The molecule has 0 N–H and O–H groups in total. The van der Waals surface area contributed by atoms with E-state index >= 15 is 0 Å². The number of rotatable bonds is 2. The van der Waals surface area contributed by atoms with Gasteiger partial charge in [0, 0.05) is 18.3 Å². The van der Waals surface area contributed by atoms with Crippen LogP contribution >= 0.6 is 0 Å². The van der Waals surface area contributed by atoms with Crippen LogP contribution in [0.2, 0.25) is 0 Å². The Bertz CT molecular complexity index is 603. The zero-order chi connectivity index (χ0) is 17.1. The van der Waals surface area contributed by atoms with Crippen LogP contribution < -0.4 is 0 Å². The number of allylic oxidation sites excluding steroid dienone is 1. The van der Waals surface area contributed by atoms with Gasteiger partial charge in [0.1, 0.15) is 5.78 Å². The molecule has 0 amide bonds. The minimum atomic E-state index is -0.0417. The predicted octanol–water partition coefficient (Wildman–Crippen LogP) is 5.11. The highest BCUT2D eigenvalue weighted by Gasteiger charge is 2.60. The van der Waals surface area contributed by atoms with Crippen molar-refractivity contribution in [3.05, 3.63) is 11.6 Å². The average molecular weight is 328 g/mol. The first-order valence-corrected chi connectivity index (χ1v) is 10.2. The Morgan fingerprint density at radius 1 is 1.04 bits per heavy atom. The summed E-state index contributed by atoms with van der Waals surface area (Å²) in [5, 5.41) is 0. The van der Waals surface area contributed by atoms with Gasteiger partial charge in [-0.3, -0.25) is 9.59 Å². The molecule has 0 bridgehead atoms. The highest BCUT2D eigenvalue weighted by Crippen LogP contribution is 2.65. The average Bonchev–Trinajstić information content (AvgIpc) is 2.85. The van der Waals surface area contributed by atoms with Crippen LogP contribution in [0.1, 0.15) is 78.6 Å². The number of carbonyl (C=O) groups is 2. The molecule has 0 radical (unpaired) electrons. The molecule has 3 fully saturated rings. The molecule has 0 aromatic rings. The van der Waals surface area contributed by atoms with Crippen LogP contribution in [0.4, 0.5) is 0 Å². The number of Topliss-reactive ketones (excluding diaryl/α,β-unsaturated/α-hetero) is 1. The lowest BCUT2D eigenvalue weighted by molar-refractivity contribution is -0.133. The summed E-state index contributed by atoms with van der Waals surface area (Å²) >= 11 is 0. The molecule has 4 aliphatic carbocycles. The molecule has 0 spiro atoms. The second-order valence-electron chi connectivity index (χ2n) is 9.50. The van der Waals surface area contributed by atoms with Gasteiger partial charge in [0.05, 0.1) is 0 Å². The van der Waals surface area contributed by atoms with Crippen molar-refractivity contribution in [2.45, 2.75) is 78.6 Å². The minimum absolute atomic E-state index is 0.0417. The van der Waals surface area contributed by atoms with Gasteiger partial charge in [-0.2, -0.15) is 0 Å². The minimum Gasteiger partial charge on any atom is -0.299 e. The maximum absolute atomic E-state index is 12.6. The van der Waals surface area contributed by atoms with Gasteiger partial charge >= 0.3 is 0 Å². The second-order valence-corrected chi connectivity index (χ2v) is 9.50. The maximum Gasteiger partial charge on any atom is 0.155 e. The lowest BCUT2D eigenvalue weighted by atomic mass is 9.45. The van der Waals surface area contributed by atoms with Crippen LogP contribution in [0, 0.1) is 34.5 Å². The fourth-order valence-electron chi connectivity index (χ4n) is 7.18. The molecule has 0 heterocycles. The van der Waals surface area contributed by atoms with E-state index < -0.39 is 0 Å². The molecule has 2 heteroatoms. The van der Waals surface area contributed by atoms with E-state index in [0.29, 0.717) is 35.2 Å². The molecule has 0 aliphatic heterocycles. The van der Waals surface area contributed by atoms with Crippen LogP contribution in [0.25, 0.3) is 0 Å². The van der Waals surface area contributed by atoms with Crippen molar-refractivity contribution in [3.63, 3.8) is 0 Å². The molecule has 4 rings (SSSR count). The zero-order valence-corrected chi connectivity index (χ0v) is 15.6. The van der Waals surface area contributed by atoms with Crippen LogP contribution in [-0.4, -0.2) is 11.6 Å². The fraction of sp³-hybridized carbons (Fsp3) is 0.818. The highest BCUT2D eigenvalue weighted by molar-refractivity contribution is 5.92. The van der Waals surface area contributed by atoms with E-state index in [9.17, 15) is 9.59 Å². The summed E-state index contributed by atoms with van der Waals surface area (Å²) in [5.74, 6) is 3.43. The maximum atomic E-state index is 12.6. The van der Waals surface area contributed by atoms with Crippen LogP contribution in [0.3, 0.4) is 0 Å². The summed E-state index contributed by atoms with van der Waals surface area (Å²) in [6.45, 7) is 6.97. The van der Waals surface area contributed by atoms with Crippen LogP contribution in [0.5, 0.6) is 0 Å². The van der Waals surface area contributed by atoms with Gasteiger partial charge in [-0.15, -0.1) is 0 Å². The zero-order valence-electron chi connectivity index (χ0n) is 15.6. The summed E-state index contributed by atoms with van der Waals surface area (Å²) in [5.41, 5.74) is 1.65. The summed E-state index contributed by atoms with van der Waals surface area (Å²) in [7, 11) is 0. The Kier molecular flexibility index (Phi) is 3.82. The Morgan fingerprint density at radius 3 is 2.54 bits per heavy atom.